The Bertz CT molecular complexity index is 561. The Labute approximate surface area is 118 Å². The first kappa shape index (κ1) is 13.3. The number of carbonyl (C=O) groups is 2. The highest BCUT2D eigenvalue weighted by Crippen LogP contribution is 2.32. The number of benzene rings is 1. The standard InChI is InChI=1S/C16H19NO3/c1-11-6-8-17(9-7-11)15(19)16(20)10-12-4-2-3-5-13(12)14(16)18/h2-5,11,20H,6-10H2,1H3. The van der Waals surface area contributed by atoms with E-state index in [0.29, 0.717) is 24.6 Å². The van der Waals surface area contributed by atoms with Crippen molar-refractivity contribution in [1.29, 1.82) is 0 Å². The SMILES string of the molecule is CC1CCN(C(=O)C2(O)Cc3ccccc3C2=O)CC1. The molecule has 0 radical (unpaired) electrons. The third-order valence-corrected chi connectivity index (χ3v) is 4.51. The van der Waals surface area contributed by atoms with Crippen molar-refractivity contribution in [3.63, 3.8) is 0 Å². The first-order chi connectivity index (χ1) is 9.52. The van der Waals surface area contributed by atoms with Crippen LogP contribution in [0.5, 0.6) is 0 Å². The zero-order valence-corrected chi connectivity index (χ0v) is 11.6. The number of rotatable bonds is 1. The Hall–Kier alpha value is -1.68. The fourth-order valence-electron chi connectivity index (χ4n) is 3.12. The molecule has 1 N–H and O–H groups in total. The number of carbonyl (C=O) groups excluding carboxylic acids is 2. The van der Waals surface area contributed by atoms with Crippen LogP contribution < -0.4 is 0 Å². The largest absolute Gasteiger partial charge is 0.373 e. The van der Waals surface area contributed by atoms with Gasteiger partial charge in [0.05, 0.1) is 0 Å². The van der Waals surface area contributed by atoms with E-state index in [9.17, 15) is 14.7 Å². The number of ketones is 1. The van der Waals surface area contributed by atoms with Crippen molar-refractivity contribution in [2.24, 2.45) is 5.92 Å². The molecule has 2 aliphatic rings. The minimum atomic E-state index is -1.88. The van der Waals surface area contributed by atoms with Gasteiger partial charge in [0, 0.05) is 25.1 Å². The third-order valence-electron chi connectivity index (χ3n) is 4.51. The number of piperidine rings is 1. The van der Waals surface area contributed by atoms with E-state index < -0.39 is 17.3 Å². The van der Waals surface area contributed by atoms with Crippen molar-refractivity contribution in [1.82, 2.24) is 4.90 Å². The lowest BCUT2D eigenvalue weighted by atomic mass is 9.93. The maximum Gasteiger partial charge on any atom is 0.263 e. The maximum absolute atomic E-state index is 12.6. The van der Waals surface area contributed by atoms with E-state index in [1.165, 1.54) is 0 Å². The Balaban J connectivity index is 1.84. The van der Waals surface area contributed by atoms with E-state index in [2.05, 4.69) is 6.92 Å². The van der Waals surface area contributed by atoms with Gasteiger partial charge in [-0.2, -0.15) is 0 Å². The van der Waals surface area contributed by atoms with Crippen LogP contribution in [0.2, 0.25) is 0 Å². The number of amides is 1. The van der Waals surface area contributed by atoms with Crippen molar-refractivity contribution < 1.29 is 14.7 Å². The molecule has 106 valence electrons. The monoisotopic (exact) mass is 273 g/mol. The Morgan fingerprint density at radius 1 is 1.30 bits per heavy atom. The van der Waals surface area contributed by atoms with E-state index >= 15 is 0 Å². The van der Waals surface area contributed by atoms with Crippen LogP contribution in [0.25, 0.3) is 0 Å². The Kier molecular flexibility index (Phi) is 3.13. The summed E-state index contributed by atoms with van der Waals surface area (Å²) < 4.78 is 0. The van der Waals surface area contributed by atoms with Gasteiger partial charge in [0.25, 0.3) is 5.91 Å². The van der Waals surface area contributed by atoms with Gasteiger partial charge in [-0.15, -0.1) is 0 Å². The highest BCUT2D eigenvalue weighted by Gasteiger charge is 2.51. The normalized spacial score (nSPS) is 26.7. The van der Waals surface area contributed by atoms with Crippen LogP contribution in [-0.4, -0.2) is 40.4 Å². The molecule has 0 spiro atoms. The van der Waals surface area contributed by atoms with E-state index in [0.717, 1.165) is 18.4 Å². The van der Waals surface area contributed by atoms with Crippen LogP contribution in [0.1, 0.15) is 35.7 Å². The van der Waals surface area contributed by atoms with Crippen molar-refractivity contribution in [3.05, 3.63) is 35.4 Å². The van der Waals surface area contributed by atoms with Gasteiger partial charge >= 0.3 is 0 Å². The van der Waals surface area contributed by atoms with Crippen molar-refractivity contribution in [3.8, 4) is 0 Å². The summed E-state index contributed by atoms with van der Waals surface area (Å²) in [5.74, 6) is -0.271. The molecule has 1 aliphatic carbocycles. The van der Waals surface area contributed by atoms with Crippen LogP contribution in [0, 0.1) is 5.92 Å². The van der Waals surface area contributed by atoms with Crippen LogP contribution >= 0.6 is 0 Å². The molecule has 1 heterocycles. The van der Waals surface area contributed by atoms with Crippen LogP contribution in [-0.2, 0) is 11.2 Å². The van der Waals surface area contributed by atoms with Crippen molar-refractivity contribution in [2.45, 2.75) is 31.8 Å². The zero-order valence-electron chi connectivity index (χ0n) is 11.6. The van der Waals surface area contributed by atoms with Gasteiger partial charge in [-0.25, -0.2) is 0 Å². The van der Waals surface area contributed by atoms with Gasteiger partial charge in [0.1, 0.15) is 0 Å². The predicted molar refractivity (Wildman–Crippen MR) is 74.4 cm³/mol. The zero-order chi connectivity index (χ0) is 14.3. The van der Waals surface area contributed by atoms with Crippen LogP contribution in [0.3, 0.4) is 0 Å². The molecule has 1 amide bonds. The fraction of sp³-hybridized carbons (Fsp3) is 0.500. The quantitative estimate of drug-likeness (QED) is 0.787. The van der Waals surface area contributed by atoms with E-state index in [-0.39, 0.29) is 6.42 Å². The Morgan fingerprint density at radius 3 is 2.60 bits per heavy atom. The van der Waals surface area contributed by atoms with E-state index in [4.69, 9.17) is 0 Å². The topological polar surface area (TPSA) is 57.6 Å². The molecule has 1 unspecified atom stereocenters. The molecular weight excluding hydrogens is 254 g/mol. The number of aliphatic hydroxyl groups is 1. The average Bonchev–Trinajstić information content (AvgIpc) is 2.72. The highest BCUT2D eigenvalue weighted by molar-refractivity contribution is 6.19. The van der Waals surface area contributed by atoms with Gasteiger partial charge in [-0.3, -0.25) is 9.59 Å². The molecule has 0 saturated carbocycles. The van der Waals surface area contributed by atoms with Gasteiger partial charge in [0.15, 0.2) is 0 Å². The van der Waals surface area contributed by atoms with Crippen molar-refractivity contribution >= 4 is 11.7 Å². The first-order valence-electron chi connectivity index (χ1n) is 7.17. The summed E-state index contributed by atoms with van der Waals surface area (Å²) in [4.78, 5) is 26.6. The molecule has 1 saturated heterocycles. The van der Waals surface area contributed by atoms with Gasteiger partial charge in [0.2, 0.25) is 11.4 Å². The number of fused-ring (bicyclic) bond motifs is 1. The number of hydrogen-bond acceptors (Lipinski definition) is 3. The molecular formula is C16H19NO3. The average molecular weight is 273 g/mol. The second-order valence-electron chi connectivity index (χ2n) is 6.00. The molecule has 1 aliphatic heterocycles. The summed E-state index contributed by atoms with van der Waals surface area (Å²) in [6.45, 7) is 3.42. The molecule has 20 heavy (non-hydrogen) atoms. The summed E-state index contributed by atoms with van der Waals surface area (Å²) in [5.41, 5.74) is -0.642. The number of likely N-dealkylation sites (tertiary alicyclic amines) is 1. The lowest BCUT2D eigenvalue weighted by Gasteiger charge is -2.34. The van der Waals surface area contributed by atoms with Gasteiger partial charge in [-0.1, -0.05) is 31.2 Å². The predicted octanol–water partition coefficient (Wildman–Crippen LogP) is 1.42. The molecule has 0 aromatic heterocycles. The summed E-state index contributed by atoms with van der Waals surface area (Å²) in [5, 5.41) is 10.6. The molecule has 1 aromatic carbocycles. The van der Waals surface area contributed by atoms with Crippen molar-refractivity contribution in [2.75, 3.05) is 13.1 Å². The minimum absolute atomic E-state index is 0.104. The second-order valence-corrected chi connectivity index (χ2v) is 6.00. The Morgan fingerprint density at radius 2 is 1.95 bits per heavy atom. The fourth-order valence-corrected chi connectivity index (χ4v) is 3.12. The lowest BCUT2D eigenvalue weighted by Crippen LogP contribution is -2.54. The highest BCUT2D eigenvalue weighted by atomic mass is 16.3. The molecule has 4 heteroatoms. The minimum Gasteiger partial charge on any atom is -0.373 e. The lowest BCUT2D eigenvalue weighted by molar-refractivity contribution is -0.147. The van der Waals surface area contributed by atoms with Gasteiger partial charge < -0.3 is 10.0 Å². The maximum atomic E-state index is 12.6. The van der Waals surface area contributed by atoms with E-state index in [1.807, 2.05) is 6.07 Å². The first-order valence-corrected chi connectivity index (χ1v) is 7.17. The summed E-state index contributed by atoms with van der Waals surface area (Å²) >= 11 is 0. The number of nitrogens with zero attached hydrogens (tertiary/aromatic N) is 1. The van der Waals surface area contributed by atoms with Gasteiger partial charge in [-0.05, 0) is 24.3 Å². The summed E-state index contributed by atoms with van der Waals surface area (Å²) in [7, 11) is 0. The summed E-state index contributed by atoms with van der Waals surface area (Å²) in [6.07, 6.45) is 1.97. The van der Waals surface area contributed by atoms with Crippen LogP contribution in [0.4, 0.5) is 0 Å². The molecule has 0 bridgehead atoms. The third kappa shape index (κ3) is 1.95. The number of hydrogen-bond donors (Lipinski definition) is 1. The molecule has 1 atom stereocenters. The van der Waals surface area contributed by atoms with E-state index in [1.54, 1.807) is 23.1 Å². The molecule has 3 rings (SSSR count). The second kappa shape index (κ2) is 4.70. The molecule has 1 fully saturated rings. The van der Waals surface area contributed by atoms with Crippen LogP contribution in [0.15, 0.2) is 24.3 Å². The molecule has 4 nitrogen and oxygen atoms in total. The number of Topliss-reactive ketones (excluding diaryl/α,β-unsaturated/α-hetero) is 1. The summed E-state index contributed by atoms with van der Waals surface area (Å²) in [6, 6.07) is 7.07. The molecule has 1 aromatic rings. The smallest absolute Gasteiger partial charge is 0.263 e.